The Morgan fingerprint density at radius 2 is 2.10 bits per heavy atom. The molecule has 1 saturated heterocycles. The highest BCUT2D eigenvalue weighted by Crippen LogP contribution is 2.19. The number of rotatable bonds is 5. The van der Waals surface area contributed by atoms with Crippen LogP contribution in [0.1, 0.15) is 27.2 Å². The maximum Gasteiger partial charge on any atom is 0.246 e. The third-order valence-electron chi connectivity index (χ3n) is 3.25. The second-order valence-corrected chi connectivity index (χ2v) is 5.25. The standard InChI is InChI=1S/C16H25N3O2/c1-5-6-15(14(4)20)19-10-9-18(11-13(19)3)16(21)8-7-12(2)17/h6-8,12H,3,5,9-11,17H2,1-2,4H3/b8-7+,15-6-. The summed E-state index contributed by atoms with van der Waals surface area (Å²) in [6, 6.07) is -0.143. The van der Waals surface area contributed by atoms with Crippen LogP contribution in [0.3, 0.4) is 0 Å². The fourth-order valence-electron chi connectivity index (χ4n) is 2.22. The third-order valence-corrected chi connectivity index (χ3v) is 3.25. The molecule has 0 aromatic rings. The molecule has 1 rings (SSSR count). The van der Waals surface area contributed by atoms with E-state index >= 15 is 0 Å². The second-order valence-electron chi connectivity index (χ2n) is 5.25. The lowest BCUT2D eigenvalue weighted by Crippen LogP contribution is -2.46. The van der Waals surface area contributed by atoms with E-state index in [1.54, 1.807) is 17.9 Å². The highest BCUT2D eigenvalue weighted by Gasteiger charge is 2.25. The van der Waals surface area contributed by atoms with Gasteiger partial charge in [0.1, 0.15) is 0 Å². The van der Waals surface area contributed by atoms with Crippen molar-refractivity contribution >= 4 is 11.7 Å². The molecule has 0 aliphatic carbocycles. The second kappa shape index (κ2) is 7.78. The molecule has 1 aliphatic rings. The van der Waals surface area contributed by atoms with E-state index in [1.165, 1.54) is 6.08 Å². The van der Waals surface area contributed by atoms with Crippen molar-refractivity contribution in [2.24, 2.45) is 5.73 Å². The van der Waals surface area contributed by atoms with Crippen molar-refractivity contribution in [2.45, 2.75) is 33.2 Å². The fourth-order valence-corrected chi connectivity index (χ4v) is 2.22. The zero-order valence-electron chi connectivity index (χ0n) is 13.1. The van der Waals surface area contributed by atoms with Gasteiger partial charge in [0.25, 0.3) is 0 Å². The summed E-state index contributed by atoms with van der Waals surface area (Å²) in [5, 5.41) is 0. The van der Waals surface area contributed by atoms with Crippen molar-refractivity contribution in [1.29, 1.82) is 0 Å². The average molecular weight is 291 g/mol. The lowest BCUT2D eigenvalue weighted by molar-refractivity contribution is -0.126. The molecule has 1 fully saturated rings. The van der Waals surface area contributed by atoms with Crippen molar-refractivity contribution in [3.05, 3.63) is 36.2 Å². The van der Waals surface area contributed by atoms with E-state index < -0.39 is 0 Å². The molecule has 0 saturated carbocycles. The van der Waals surface area contributed by atoms with Crippen molar-refractivity contribution in [3.8, 4) is 0 Å². The molecule has 2 N–H and O–H groups in total. The maximum atomic E-state index is 12.0. The quantitative estimate of drug-likeness (QED) is 0.778. The summed E-state index contributed by atoms with van der Waals surface area (Å²) in [6.45, 7) is 10.9. The molecule has 5 nitrogen and oxygen atoms in total. The Balaban J connectivity index is 2.74. The van der Waals surface area contributed by atoms with Crippen molar-refractivity contribution in [3.63, 3.8) is 0 Å². The van der Waals surface area contributed by atoms with E-state index in [2.05, 4.69) is 6.58 Å². The van der Waals surface area contributed by atoms with Gasteiger partial charge in [0, 0.05) is 37.8 Å². The molecule has 1 heterocycles. The van der Waals surface area contributed by atoms with Crippen LogP contribution >= 0.6 is 0 Å². The number of nitrogens with zero attached hydrogens (tertiary/aromatic N) is 2. The van der Waals surface area contributed by atoms with Crippen LogP contribution in [-0.2, 0) is 9.59 Å². The van der Waals surface area contributed by atoms with Gasteiger partial charge in [-0.2, -0.15) is 0 Å². The van der Waals surface area contributed by atoms with E-state index in [9.17, 15) is 9.59 Å². The van der Waals surface area contributed by atoms with E-state index in [1.807, 2.05) is 24.8 Å². The van der Waals surface area contributed by atoms with Crippen LogP contribution in [0.4, 0.5) is 0 Å². The van der Waals surface area contributed by atoms with Gasteiger partial charge in [-0.1, -0.05) is 25.7 Å². The molecule has 0 aromatic heterocycles. The van der Waals surface area contributed by atoms with Crippen molar-refractivity contribution in [1.82, 2.24) is 9.80 Å². The van der Waals surface area contributed by atoms with Gasteiger partial charge in [-0.05, 0) is 13.3 Å². The topological polar surface area (TPSA) is 66.6 Å². The zero-order valence-corrected chi connectivity index (χ0v) is 13.1. The van der Waals surface area contributed by atoms with Gasteiger partial charge in [0.15, 0.2) is 5.78 Å². The molecule has 1 amide bonds. The van der Waals surface area contributed by atoms with E-state index in [-0.39, 0.29) is 17.7 Å². The van der Waals surface area contributed by atoms with Crippen LogP contribution in [0.2, 0.25) is 0 Å². The average Bonchev–Trinajstić information content (AvgIpc) is 2.42. The van der Waals surface area contributed by atoms with Gasteiger partial charge >= 0.3 is 0 Å². The smallest absolute Gasteiger partial charge is 0.246 e. The summed E-state index contributed by atoms with van der Waals surface area (Å²) < 4.78 is 0. The van der Waals surface area contributed by atoms with Crippen LogP contribution in [0.15, 0.2) is 36.2 Å². The van der Waals surface area contributed by atoms with Gasteiger partial charge in [0.2, 0.25) is 5.91 Å². The summed E-state index contributed by atoms with van der Waals surface area (Å²) in [5.41, 5.74) is 7.03. The lowest BCUT2D eigenvalue weighted by Gasteiger charge is -2.38. The number of carbonyl (C=O) groups excluding carboxylic acids is 2. The fraction of sp³-hybridized carbons (Fsp3) is 0.500. The number of ketones is 1. The van der Waals surface area contributed by atoms with Crippen LogP contribution < -0.4 is 5.73 Å². The number of allylic oxidation sites excluding steroid dienone is 2. The Labute approximate surface area is 126 Å². The van der Waals surface area contributed by atoms with Crippen LogP contribution in [0.5, 0.6) is 0 Å². The number of carbonyl (C=O) groups is 2. The molecule has 5 heteroatoms. The maximum absolute atomic E-state index is 12.0. The molecule has 0 aromatic carbocycles. The van der Waals surface area contributed by atoms with E-state index in [0.29, 0.717) is 25.3 Å². The van der Waals surface area contributed by atoms with Gasteiger partial charge in [-0.25, -0.2) is 0 Å². The summed E-state index contributed by atoms with van der Waals surface area (Å²) >= 11 is 0. The first-order valence-electron chi connectivity index (χ1n) is 7.25. The van der Waals surface area contributed by atoms with Crippen molar-refractivity contribution in [2.75, 3.05) is 19.6 Å². The lowest BCUT2D eigenvalue weighted by atomic mass is 10.1. The van der Waals surface area contributed by atoms with Crippen LogP contribution in [-0.4, -0.2) is 47.2 Å². The van der Waals surface area contributed by atoms with Crippen molar-refractivity contribution < 1.29 is 9.59 Å². The minimum absolute atomic E-state index is 0.0228. The molecular weight excluding hydrogens is 266 g/mol. The minimum Gasteiger partial charge on any atom is -0.340 e. The number of Topliss-reactive ketones (excluding diaryl/α,β-unsaturated/α-hetero) is 1. The van der Waals surface area contributed by atoms with Gasteiger partial charge < -0.3 is 15.5 Å². The Bertz CT molecular complexity index is 478. The van der Waals surface area contributed by atoms with E-state index in [4.69, 9.17) is 5.73 Å². The molecular formula is C16H25N3O2. The Morgan fingerprint density at radius 1 is 1.43 bits per heavy atom. The number of hydrogen-bond donors (Lipinski definition) is 1. The molecule has 0 bridgehead atoms. The largest absolute Gasteiger partial charge is 0.340 e. The highest BCUT2D eigenvalue weighted by molar-refractivity contribution is 5.93. The number of hydrogen-bond acceptors (Lipinski definition) is 4. The summed E-state index contributed by atoms with van der Waals surface area (Å²) in [7, 11) is 0. The van der Waals surface area contributed by atoms with Crippen LogP contribution in [0.25, 0.3) is 0 Å². The normalized spacial score (nSPS) is 18.3. The minimum atomic E-state index is -0.143. The van der Waals surface area contributed by atoms with Gasteiger partial charge in [-0.3, -0.25) is 9.59 Å². The third kappa shape index (κ3) is 4.86. The first-order valence-corrected chi connectivity index (χ1v) is 7.25. The summed E-state index contributed by atoms with van der Waals surface area (Å²) in [5.74, 6) is -0.0495. The molecule has 1 aliphatic heterocycles. The molecule has 21 heavy (non-hydrogen) atoms. The number of amides is 1. The Kier molecular flexibility index (Phi) is 6.37. The SMILES string of the molecule is C=C1CN(C(=O)/C=C/C(C)N)CCN1/C(=C\CC)C(C)=O. The molecule has 0 radical (unpaired) electrons. The monoisotopic (exact) mass is 291 g/mol. The van der Waals surface area contributed by atoms with E-state index in [0.717, 1.165) is 12.1 Å². The van der Waals surface area contributed by atoms with Gasteiger partial charge in [-0.15, -0.1) is 0 Å². The molecule has 1 unspecified atom stereocenters. The first-order chi connectivity index (χ1) is 9.86. The molecule has 116 valence electrons. The Morgan fingerprint density at radius 3 is 2.57 bits per heavy atom. The highest BCUT2D eigenvalue weighted by atomic mass is 16.2. The van der Waals surface area contributed by atoms with Gasteiger partial charge in [0.05, 0.1) is 12.2 Å². The molecule has 0 spiro atoms. The number of nitrogens with two attached hydrogens (primary N) is 1. The summed E-state index contributed by atoms with van der Waals surface area (Å²) in [4.78, 5) is 27.4. The summed E-state index contributed by atoms with van der Waals surface area (Å²) in [6.07, 6.45) is 5.87. The first kappa shape index (κ1) is 17.2. The Hall–Kier alpha value is -1.88. The zero-order chi connectivity index (χ0) is 16.0. The number of piperazine rings is 1. The van der Waals surface area contributed by atoms with Crippen LogP contribution in [0, 0.1) is 0 Å². The predicted octanol–water partition coefficient (Wildman–Crippen LogP) is 1.43. The predicted molar refractivity (Wildman–Crippen MR) is 84.3 cm³/mol. The molecule has 1 atom stereocenters.